The van der Waals surface area contributed by atoms with E-state index in [0.29, 0.717) is 30.1 Å². The summed E-state index contributed by atoms with van der Waals surface area (Å²) in [6.07, 6.45) is 1.90. The van der Waals surface area contributed by atoms with Gasteiger partial charge < -0.3 is 9.47 Å². The highest BCUT2D eigenvalue weighted by Gasteiger charge is 2.19. The minimum Gasteiger partial charge on any atom is -0.335 e. The number of hydrogen-bond acceptors (Lipinski definition) is 2. The second-order valence-corrected chi connectivity index (χ2v) is 8.12. The maximum Gasteiger partial charge on any atom is 0.227 e. The van der Waals surface area contributed by atoms with E-state index in [1.807, 2.05) is 0 Å². The van der Waals surface area contributed by atoms with E-state index in [1.54, 1.807) is 23.1 Å². The van der Waals surface area contributed by atoms with Crippen LogP contribution in [0.5, 0.6) is 0 Å². The molecule has 3 rings (SSSR count). The van der Waals surface area contributed by atoms with Crippen LogP contribution in [0.2, 0.25) is 0 Å². The first kappa shape index (κ1) is 21.9. The maximum absolute atomic E-state index is 13.7. The Kier molecular flexibility index (Phi) is 7.19. The molecule has 1 aromatic heterocycles. The third kappa shape index (κ3) is 5.43. The van der Waals surface area contributed by atoms with Gasteiger partial charge >= 0.3 is 0 Å². The number of carbonyl (C=O) groups excluding carboxylic acids is 1. The fraction of sp³-hybridized carbons (Fsp3) is 0.417. The second kappa shape index (κ2) is 9.83. The molecule has 0 unspecified atom stereocenters. The number of aromatic nitrogens is 2. The first-order chi connectivity index (χ1) is 14.4. The number of hydrogen-bond donors (Lipinski definition) is 0. The van der Waals surface area contributed by atoms with Crippen LogP contribution in [0, 0.1) is 17.6 Å². The molecule has 0 bridgehead atoms. The number of benzene rings is 2. The van der Waals surface area contributed by atoms with E-state index in [1.165, 1.54) is 24.3 Å². The van der Waals surface area contributed by atoms with Crippen LogP contribution in [0.25, 0.3) is 11.0 Å². The fourth-order valence-corrected chi connectivity index (χ4v) is 3.56. The molecule has 160 valence electrons. The molecule has 0 atom stereocenters. The van der Waals surface area contributed by atoms with Gasteiger partial charge in [-0.25, -0.2) is 13.8 Å². The summed E-state index contributed by atoms with van der Waals surface area (Å²) in [4.78, 5) is 19.5. The Hall–Kier alpha value is -2.76. The van der Waals surface area contributed by atoms with Gasteiger partial charge in [-0.2, -0.15) is 0 Å². The lowest BCUT2D eigenvalue weighted by molar-refractivity contribution is -0.131. The van der Waals surface area contributed by atoms with Gasteiger partial charge in [0.15, 0.2) is 0 Å². The monoisotopic (exact) mass is 413 g/mol. The zero-order valence-electron chi connectivity index (χ0n) is 17.9. The first-order valence-electron chi connectivity index (χ1n) is 10.5. The molecule has 4 nitrogen and oxygen atoms in total. The molecular weight excluding hydrogens is 384 g/mol. The molecule has 0 aliphatic heterocycles. The molecule has 0 saturated carbocycles. The van der Waals surface area contributed by atoms with Gasteiger partial charge in [0.25, 0.3) is 0 Å². The predicted octanol–water partition coefficient (Wildman–Crippen LogP) is 5.34. The average Bonchev–Trinajstić information content (AvgIpc) is 3.01. The Morgan fingerprint density at radius 3 is 2.60 bits per heavy atom. The predicted molar refractivity (Wildman–Crippen MR) is 115 cm³/mol. The molecular formula is C24H29F2N3O. The molecule has 2 aromatic carbocycles. The molecule has 6 heteroatoms. The minimum absolute atomic E-state index is 0.0671. The average molecular weight is 414 g/mol. The number of rotatable bonds is 9. The zero-order chi connectivity index (χ0) is 21.7. The van der Waals surface area contributed by atoms with Crippen LogP contribution in [-0.2, 0) is 24.3 Å². The second-order valence-electron chi connectivity index (χ2n) is 8.12. The van der Waals surface area contributed by atoms with Crippen molar-refractivity contribution in [2.45, 2.75) is 53.1 Å². The summed E-state index contributed by atoms with van der Waals surface area (Å²) in [5.41, 5.74) is 2.12. The molecule has 1 heterocycles. The molecule has 0 N–H and O–H groups in total. The summed E-state index contributed by atoms with van der Waals surface area (Å²) < 4.78 is 29.3. The summed E-state index contributed by atoms with van der Waals surface area (Å²) in [5, 5.41) is 0. The van der Waals surface area contributed by atoms with Crippen molar-refractivity contribution in [1.82, 2.24) is 14.5 Å². The lowest BCUT2D eigenvalue weighted by Crippen LogP contribution is -2.34. The Morgan fingerprint density at radius 2 is 1.90 bits per heavy atom. The smallest absolute Gasteiger partial charge is 0.227 e. The number of imidazole rings is 1. The SMILES string of the molecule is CCCn1c(CN(CCC(C)C)C(=O)Cc2cccc(F)c2)nc2cc(F)ccc21. The maximum atomic E-state index is 13.7. The fourth-order valence-electron chi connectivity index (χ4n) is 3.56. The van der Waals surface area contributed by atoms with Crippen LogP contribution in [0.3, 0.4) is 0 Å². The highest BCUT2D eigenvalue weighted by molar-refractivity contribution is 5.79. The van der Waals surface area contributed by atoms with Crippen LogP contribution >= 0.6 is 0 Å². The number of amides is 1. The van der Waals surface area contributed by atoms with Crippen molar-refractivity contribution in [3.63, 3.8) is 0 Å². The Labute approximate surface area is 176 Å². The molecule has 0 spiro atoms. The van der Waals surface area contributed by atoms with Gasteiger partial charge in [0, 0.05) is 19.2 Å². The third-order valence-electron chi connectivity index (χ3n) is 5.14. The van der Waals surface area contributed by atoms with E-state index in [-0.39, 0.29) is 24.0 Å². The minimum atomic E-state index is -0.346. The van der Waals surface area contributed by atoms with Gasteiger partial charge in [-0.1, -0.05) is 32.9 Å². The Balaban J connectivity index is 1.88. The summed E-state index contributed by atoms with van der Waals surface area (Å²) in [6, 6.07) is 10.8. The van der Waals surface area contributed by atoms with E-state index < -0.39 is 0 Å². The Bertz CT molecular complexity index is 1010. The van der Waals surface area contributed by atoms with Crippen LogP contribution in [-0.4, -0.2) is 26.9 Å². The molecule has 0 aliphatic carbocycles. The van der Waals surface area contributed by atoms with Gasteiger partial charge in [0.2, 0.25) is 5.91 Å². The number of fused-ring (bicyclic) bond motifs is 1. The molecule has 0 aliphatic rings. The van der Waals surface area contributed by atoms with Crippen LogP contribution in [0.15, 0.2) is 42.5 Å². The van der Waals surface area contributed by atoms with Crippen molar-refractivity contribution in [2.75, 3.05) is 6.54 Å². The topological polar surface area (TPSA) is 38.1 Å². The van der Waals surface area contributed by atoms with Gasteiger partial charge in [-0.05, 0) is 48.6 Å². The highest BCUT2D eigenvalue weighted by atomic mass is 19.1. The van der Waals surface area contributed by atoms with Crippen molar-refractivity contribution in [1.29, 1.82) is 0 Å². The van der Waals surface area contributed by atoms with Crippen molar-refractivity contribution in [3.05, 3.63) is 65.5 Å². The zero-order valence-corrected chi connectivity index (χ0v) is 17.9. The molecule has 0 saturated heterocycles. The molecule has 3 aromatic rings. The van der Waals surface area contributed by atoms with Crippen molar-refractivity contribution in [3.8, 4) is 0 Å². The molecule has 1 amide bonds. The molecule has 0 radical (unpaired) electrons. The number of nitrogens with zero attached hydrogens (tertiary/aromatic N) is 3. The summed E-state index contributed by atoms with van der Waals surface area (Å²) >= 11 is 0. The van der Waals surface area contributed by atoms with Crippen molar-refractivity contribution >= 4 is 16.9 Å². The summed E-state index contributed by atoms with van der Waals surface area (Å²) in [7, 11) is 0. The molecule has 0 fully saturated rings. The first-order valence-corrected chi connectivity index (χ1v) is 10.5. The van der Waals surface area contributed by atoms with E-state index >= 15 is 0 Å². The number of halogens is 2. The van der Waals surface area contributed by atoms with Gasteiger partial charge in [-0.3, -0.25) is 4.79 Å². The van der Waals surface area contributed by atoms with E-state index in [2.05, 4.69) is 30.3 Å². The van der Waals surface area contributed by atoms with E-state index in [0.717, 1.165) is 30.7 Å². The third-order valence-corrected chi connectivity index (χ3v) is 5.14. The van der Waals surface area contributed by atoms with Crippen molar-refractivity contribution in [2.24, 2.45) is 5.92 Å². The number of carbonyl (C=O) groups is 1. The summed E-state index contributed by atoms with van der Waals surface area (Å²) in [6.45, 7) is 7.99. The van der Waals surface area contributed by atoms with Gasteiger partial charge in [0.1, 0.15) is 17.5 Å². The lowest BCUT2D eigenvalue weighted by atomic mass is 10.1. The van der Waals surface area contributed by atoms with Gasteiger partial charge in [0.05, 0.1) is 24.0 Å². The molecule has 30 heavy (non-hydrogen) atoms. The standard InChI is InChI=1S/C24H29F2N3O/c1-4-11-29-22-9-8-20(26)15-21(22)27-23(29)16-28(12-10-17(2)3)24(30)14-18-6-5-7-19(25)13-18/h5-9,13,15,17H,4,10-12,14,16H2,1-3H3. The van der Waals surface area contributed by atoms with Gasteiger partial charge in [-0.15, -0.1) is 0 Å². The normalized spacial score (nSPS) is 11.4. The highest BCUT2D eigenvalue weighted by Crippen LogP contribution is 2.20. The lowest BCUT2D eigenvalue weighted by Gasteiger charge is -2.24. The van der Waals surface area contributed by atoms with Crippen LogP contribution < -0.4 is 0 Å². The Morgan fingerprint density at radius 1 is 1.13 bits per heavy atom. The van der Waals surface area contributed by atoms with Crippen molar-refractivity contribution < 1.29 is 13.6 Å². The van der Waals surface area contributed by atoms with E-state index in [4.69, 9.17) is 0 Å². The van der Waals surface area contributed by atoms with E-state index in [9.17, 15) is 13.6 Å². The summed E-state index contributed by atoms with van der Waals surface area (Å²) in [5.74, 6) is 0.448. The van der Waals surface area contributed by atoms with Crippen LogP contribution in [0.4, 0.5) is 8.78 Å². The quantitative estimate of drug-likeness (QED) is 0.475. The largest absolute Gasteiger partial charge is 0.335 e. The van der Waals surface area contributed by atoms with Crippen LogP contribution in [0.1, 0.15) is 45.0 Å². The number of aryl methyl sites for hydroxylation is 1.